The lowest BCUT2D eigenvalue weighted by atomic mass is 10.1. The molecule has 26 heavy (non-hydrogen) atoms. The molecular formula is C20H24N4O2. The number of benzene rings is 1. The first-order valence-corrected chi connectivity index (χ1v) is 8.92. The molecule has 0 spiro atoms. The Balaban J connectivity index is 1.69. The van der Waals surface area contributed by atoms with Crippen LogP contribution in [0.4, 0.5) is 11.5 Å². The number of nitrogens with zero attached hydrogens (tertiary/aromatic N) is 3. The number of para-hydroxylation sites is 1. The van der Waals surface area contributed by atoms with E-state index in [1.165, 1.54) is 11.1 Å². The first kappa shape index (κ1) is 17.9. The third kappa shape index (κ3) is 3.85. The van der Waals surface area contributed by atoms with Crippen molar-refractivity contribution in [3.05, 3.63) is 53.2 Å². The van der Waals surface area contributed by atoms with Gasteiger partial charge < -0.3 is 15.1 Å². The summed E-state index contributed by atoms with van der Waals surface area (Å²) >= 11 is 0. The largest absolute Gasteiger partial charge is 0.342 e. The quantitative estimate of drug-likeness (QED) is 0.840. The minimum Gasteiger partial charge on any atom is -0.342 e. The second-order valence-corrected chi connectivity index (χ2v) is 6.45. The first-order chi connectivity index (χ1) is 12.6. The van der Waals surface area contributed by atoms with E-state index < -0.39 is 0 Å². The molecule has 0 unspecified atom stereocenters. The number of carbonyl (C=O) groups excluding carboxylic acids is 2. The molecule has 0 aliphatic carbocycles. The van der Waals surface area contributed by atoms with Crippen LogP contribution < -0.4 is 5.32 Å². The summed E-state index contributed by atoms with van der Waals surface area (Å²) in [7, 11) is 0. The zero-order chi connectivity index (χ0) is 18.5. The van der Waals surface area contributed by atoms with Crippen LogP contribution in [0.25, 0.3) is 0 Å². The van der Waals surface area contributed by atoms with Crippen LogP contribution in [0, 0.1) is 6.92 Å². The molecule has 1 aromatic carbocycles. The molecule has 2 amide bonds. The number of pyridine rings is 1. The Bertz CT molecular complexity index is 781. The van der Waals surface area contributed by atoms with Crippen LogP contribution in [-0.2, 0) is 11.2 Å². The van der Waals surface area contributed by atoms with Gasteiger partial charge in [-0.3, -0.25) is 9.59 Å². The molecular weight excluding hydrogens is 328 g/mol. The molecule has 1 aromatic heterocycles. The van der Waals surface area contributed by atoms with E-state index in [-0.39, 0.29) is 5.91 Å². The molecule has 1 fully saturated rings. The van der Waals surface area contributed by atoms with Crippen molar-refractivity contribution in [2.75, 3.05) is 31.5 Å². The molecule has 0 atom stereocenters. The van der Waals surface area contributed by atoms with E-state index in [4.69, 9.17) is 0 Å². The number of anilines is 2. The molecule has 6 heteroatoms. The average molecular weight is 352 g/mol. The van der Waals surface area contributed by atoms with Crippen LogP contribution in [0.3, 0.4) is 0 Å². The highest BCUT2D eigenvalue weighted by molar-refractivity contribution is 5.94. The van der Waals surface area contributed by atoms with E-state index in [1.807, 2.05) is 6.07 Å². The van der Waals surface area contributed by atoms with Gasteiger partial charge in [0.1, 0.15) is 5.82 Å². The fraction of sp³-hybridized carbons (Fsp3) is 0.350. The van der Waals surface area contributed by atoms with Crippen LogP contribution >= 0.6 is 0 Å². The Morgan fingerprint density at radius 3 is 2.58 bits per heavy atom. The van der Waals surface area contributed by atoms with Crippen molar-refractivity contribution in [2.45, 2.75) is 20.3 Å². The topological polar surface area (TPSA) is 65.5 Å². The number of hydrogen-bond donors (Lipinski definition) is 1. The van der Waals surface area contributed by atoms with E-state index >= 15 is 0 Å². The first-order valence-electron chi connectivity index (χ1n) is 8.92. The maximum absolute atomic E-state index is 12.6. The molecule has 1 saturated heterocycles. The Labute approximate surface area is 153 Å². The summed E-state index contributed by atoms with van der Waals surface area (Å²) in [6.45, 7) is 6.46. The van der Waals surface area contributed by atoms with Gasteiger partial charge in [0.05, 0.1) is 5.56 Å². The normalized spacial score (nSPS) is 14.2. The smallest absolute Gasteiger partial charge is 0.255 e. The second kappa shape index (κ2) is 7.99. The standard InChI is InChI=1S/C20H24N4O2/c1-3-16-6-4-5-15(2)19(16)22-18-8-7-17(13-21-18)20(26)24-11-9-23(14-25)10-12-24/h4-8,13-14H,3,9-12H2,1-2H3,(H,21,22). The molecule has 0 saturated carbocycles. The lowest BCUT2D eigenvalue weighted by Crippen LogP contribution is -2.48. The lowest BCUT2D eigenvalue weighted by Gasteiger charge is -2.32. The highest BCUT2D eigenvalue weighted by atomic mass is 16.2. The number of nitrogens with one attached hydrogen (secondary N) is 1. The third-order valence-corrected chi connectivity index (χ3v) is 4.75. The molecule has 2 heterocycles. The average Bonchev–Trinajstić information content (AvgIpc) is 2.69. The second-order valence-electron chi connectivity index (χ2n) is 6.45. The van der Waals surface area contributed by atoms with Crippen molar-refractivity contribution in [3.63, 3.8) is 0 Å². The van der Waals surface area contributed by atoms with E-state index in [2.05, 4.69) is 42.3 Å². The predicted molar refractivity (Wildman–Crippen MR) is 102 cm³/mol. The Hall–Kier alpha value is -2.89. The van der Waals surface area contributed by atoms with Crippen molar-refractivity contribution in [1.82, 2.24) is 14.8 Å². The fourth-order valence-electron chi connectivity index (χ4n) is 3.14. The highest BCUT2D eigenvalue weighted by Gasteiger charge is 2.21. The summed E-state index contributed by atoms with van der Waals surface area (Å²) in [5.41, 5.74) is 4.04. The van der Waals surface area contributed by atoms with Crippen LogP contribution in [0.5, 0.6) is 0 Å². The molecule has 136 valence electrons. The van der Waals surface area contributed by atoms with Gasteiger partial charge in [-0.1, -0.05) is 25.1 Å². The Kier molecular flexibility index (Phi) is 5.51. The number of aromatic nitrogens is 1. The van der Waals surface area contributed by atoms with Gasteiger partial charge in [0.2, 0.25) is 6.41 Å². The number of amides is 2. The minimum absolute atomic E-state index is 0.0419. The van der Waals surface area contributed by atoms with Crippen LogP contribution in [0.2, 0.25) is 0 Å². The minimum atomic E-state index is -0.0419. The van der Waals surface area contributed by atoms with E-state index in [9.17, 15) is 9.59 Å². The summed E-state index contributed by atoms with van der Waals surface area (Å²) in [6.07, 6.45) is 3.38. The third-order valence-electron chi connectivity index (χ3n) is 4.75. The monoisotopic (exact) mass is 352 g/mol. The van der Waals surface area contributed by atoms with Gasteiger partial charge in [-0.15, -0.1) is 0 Å². The number of rotatable bonds is 5. The Morgan fingerprint density at radius 2 is 1.96 bits per heavy atom. The SMILES string of the molecule is CCc1cccc(C)c1Nc1ccc(C(=O)N2CCN(C=O)CC2)cn1. The zero-order valence-electron chi connectivity index (χ0n) is 15.2. The van der Waals surface area contributed by atoms with Crippen molar-refractivity contribution in [1.29, 1.82) is 0 Å². The number of hydrogen-bond acceptors (Lipinski definition) is 4. The van der Waals surface area contributed by atoms with Gasteiger partial charge in [0.25, 0.3) is 5.91 Å². The van der Waals surface area contributed by atoms with Gasteiger partial charge in [0, 0.05) is 38.1 Å². The summed E-state index contributed by atoms with van der Waals surface area (Å²) in [6, 6.07) is 9.86. The lowest BCUT2D eigenvalue weighted by molar-refractivity contribution is -0.119. The molecule has 2 aromatic rings. The molecule has 3 rings (SSSR count). The summed E-state index contributed by atoms with van der Waals surface area (Å²) in [5.74, 6) is 0.677. The molecule has 1 aliphatic rings. The zero-order valence-corrected chi connectivity index (χ0v) is 15.2. The summed E-state index contributed by atoms with van der Waals surface area (Å²) < 4.78 is 0. The summed E-state index contributed by atoms with van der Waals surface area (Å²) in [4.78, 5) is 31.2. The van der Waals surface area contributed by atoms with Gasteiger partial charge in [-0.2, -0.15) is 0 Å². The predicted octanol–water partition coefficient (Wildman–Crippen LogP) is 2.61. The van der Waals surface area contributed by atoms with Crippen molar-refractivity contribution >= 4 is 23.8 Å². The highest BCUT2D eigenvalue weighted by Crippen LogP contribution is 2.24. The van der Waals surface area contributed by atoms with Crippen LogP contribution in [-0.4, -0.2) is 53.3 Å². The molecule has 0 radical (unpaired) electrons. The maximum atomic E-state index is 12.6. The van der Waals surface area contributed by atoms with E-state index in [0.29, 0.717) is 31.7 Å². The molecule has 0 bridgehead atoms. The van der Waals surface area contributed by atoms with Gasteiger partial charge in [0.15, 0.2) is 0 Å². The van der Waals surface area contributed by atoms with Gasteiger partial charge in [-0.25, -0.2) is 4.98 Å². The van der Waals surface area contributed by atoms with E-state index in [0.717, 1.165) is 24.3 Å². The molecule has 1 N–H and O–H groups in total. The molecule has 1 aliphatic heterocycles. The van der Waals surface area contributed by atoms with Crippen LogP contribution in [0.15, 0.2) is 36.5 Å². The van der Waals surface area contributed by atoms with Crippen molar-refractivity contribution in [3.8, 4) is 0 Å². The number of aryl methyl sites for hydroxylation is 2. The Morgan fingerprint density at radius 1 is 1.19 bits per heavy atom. The van der Waals surface area contributed by atoms with Crippen molar-refractivity contribution in [2.24, 2.45) is 0 Å². The molecule has 6 nitrogen and oxygen atoms in total. The number of carbonyl (C=O) groups is 2. The van der Waals surface area contributed by atoms with Gasteiger partial charge in [-0.05, 0) is 36.6 Å². The summed E-state index contributed by atoms with van der Waals surface area (Å²) in [5, 5.41) is 3.37. The fourth-order valence-corrected chi connectivity index (χ4v) is 3.14. The van der Waals surface area contributed by atoms with E-state index in [1.54, 1.807) is 22.1 Å². The van der Waals surface area contributed by atoms with Gasteiger partial charge >= 0.3 is 0 Å². The van der Waals surface area contributed by atoms with Crippen LogP contribution in [0.1, 0.15) is 28.4 Å². The van der Waals surface area contributed by atoms with Crippen molar-refractivity contribution < 1.29 is 9.59 Å². The number of piperazine rings is 1. The maximum Gasteiger partial charge on any atom is 0.255 e.